The molecule has 0 aliphatic carbocycles. The number of amides is 1. The van der Waals surface area contributed by atoms with Gasteiger partial charge in [-0.25, -0.2) is 8.42 Å². The molecule has 31 heavy (non-hydrogen) atoms. The van der Waals surface area contributed by atoms with E-state index in [1.807, 2.05) is 30.3 Å². The summed E-state index contributed by atoms with van der Waals surface area (Å²) in [5.74, 6) is 0.463. The molecule has 1 heterocycles. The molecule has 0 saturated heterocycles. The van der Waals surface area contributed by atoms with Gasteiger partial charge in [0.05, 0.1) is 10.9 Å². The average molecular weight is 436 g/mol. The SMILES string of the molecule is NC(=O)[C@H](N)Cc1c(S(=O)(=O)c2ccc(Oc3ccccc3)cc2)[nH]c2ccccc12. The predicted octanol–water partition coefficient (Wildman–Crippen LogP) is 3.15. The standard InChI is InChI=1S/C23H21N3O4S/c24-20(22(25)27)14-19-18-8-4-5-9-21(18)26-23(19)31(28,29)17-12-10-16(11-13-17)30-15-6-2-1-3-7-15/h1-13,20,26H,14,24H2,(H2,25,27)/t20-/m1/s1. The van der Waals surface area contributed by atoms with Crippen LogP contribution in [0.4, 0.5) is 0 Å². The minimum Gasteiger partial charge on any atom is -0.457 e. The average Bonchev–Trinajstić information content (AvgIpc) is 3.14. The molecule has 8 heteroatoms. The summed E-state index contributed by atoms with van der Waals surface area (Å²) in [6, 6.07) is 21.5. The van der Waals surface area contributed by atoms with Crippen LogP contribution in [0.3, 0.4) is 0 Å². The van der Waals surface area contributed by atoms with Gasteiger partial charge < -0.3 is 21.2 Å². The third kappa shape index (κ3) is 4.16. The molecule has 0 bridgehead atoms. The van der Waals surface area contributed by atoms with Gasteiger partial charge in [-0.3, -0.25) is 4.79 Å². The van der Waals surface area contributed by atoms with E-state index in [0.29, 0.717) is 28.0 Å². The molecule has 4 aromatic rings. The molecule has 4 rings (SSSR count). The molecule has 1 atom stereocenters. The first kappa shape index (κ1) is 20.6. The number of nitrogens with one attached hydrogen (secondary N) is 1. The van der Waals surface area contributed by atoms with E-state index in [9.17, 15) is 13.2 Å². The van der Waals surface area contributed by atoms with Crippen molar-refractivity contribution in [1.29, 1.82) is 0 Å². The molecule has 0 aliphatic heterocycles. The van der Waals surface area contributed by atoms with Gasteiger partial charge in [-0.2, -0.15) is 0 Å². The van der Waals surface area contributed by atoms with Crippen molar-refractivity contribution in [2.75, 3.05) is 0 Å². The lowest BCUT2D eigenvalue weighted by atomic mass is 10.1. The van der Waals surface area contributed by atoms with Crippen molar-refractivity contribution in [3.8, 4) is 11.5 Å². The molecular formula is C23H21N3O4S. The lowest BCUT2D eigenvalue weighted by molar-refractivity contribution is -0.119. The van der Waals surface area contributed by atoms with Crippen LogP contribution in [-0.4, -0.2) is 25.4 Å². The second-order valence-electron chi connectivity index (χ2n) is 7.08. The van der Waals surface area contributed by atoms with Gasteiger partial charge in [-0.1, -0.05) is 36.4 Å². The maximum Gasteiger partial charge on any atom is 0.234 e. The normalized spacial score (nSPS) is 12.5. The van der Waals surface area contributed by atoms with E-state index in [0.717, 1.165) is 0 Å². The number of benzene rings is 3. The van der Waals surface area contributed by atoms with Crippen molar-refractivity contribution < 1.29 is 17.9 Å². The summed E-state index contributed by atoms with van der Waals surface area (Å²) in [4.78, 5) is 14.6. The van der Waals surface area contributed by atoms with E-state index in [-0.39, 0.29) is 16.3 Å². The monoisotopic (exact) mass is 435 g/mol. The minimum absolute atomic E-state index is 0.00197. The summed E-state index contributed by atoms with van der Waals surface area (Å²) in [6.45, 7) is 0. The molecule has 158 valence electrons. The number of sulfone groups is 1. The number of fused-ring (bicyclic) bond motifs is 1. The third-order valence-corrected chi connectivity index (χ3v) is 6.72. The second-order valence-corrected chi connectivity index (χ2v) is 8.97. The molecule has 0 spiro atoms. The number of ether oxygens (including phenoxy) is 1. The summed E-state index contributed by atoms with van der Waals surface area (Å²) in [6.07, 6.45) is 0.00309. The van der Waals surface area contributed by atoms with Crippen molar-refractivity contribution in [3.05, 3.63) is 84.4 Å². The first-order chi connectivity index (χ1) is 14.9. The van der Waals surface area contributed by atoms with Crippen LogP contribution in [0.5, 0.6) is 11.5 Å². The number of primary amides is 1. The highest BCUT2D eigenvalue weighted by Gasteiger charge is 2.27. The van der Waals surface area contributed by atoms with Crippen molar-refractivity contribution in [2.24, 2.45) is 11.5 Å². The molecule has 3 aromatic carbocycles. The smallest absolute Gasteiger partial charge is 0.234 e. The molecule has 1 amide bonds. The first-order valence-corrected chi connectivity index (χ1v) is 11.1. The number of nitrogens with two attached hydrogens (primary N) is 2. The molecule has 0 saturated carbocycles. The molecule has 1 aromatic heterocycles. The fraction of sp³-hybridized carbons (Fsp3) is 0.0870. The second kappa shape index (κ2) is 8.25. The Kier molecular flexibility index (Phi) is 5.50. The minimum atomic E-state index is -3.91. The van der Waals surface area contributed by atoms with Crippen molar-refractivity contribution >= 4 is 26.6 Å². The summed E-state index contributed by atoms with van der Waals surface area (Å²) in [5, 5.41) is 0.684. The number of hydrogen-bond acceptors (Lipinski definition) is 5. The third-order valence-electron chi connectivity index (χ3n) is 4.95. The molecule has 0 radical (unpaired) electrons. The zero-order valence-electron chi connectivity index (χ0n) is 16.5. The van der Waals surface area contributed by atoms with Crippen LogP contribution in [0, 0.1) is 0 Å². The number of aromatic amines is 1. The summed E-state index contributed by atoms with van der Waals surface area (Å²) in [5.41, 5.74) is 12.2. The van der Waals surface area contributed by atoms with Gasteiger partial charge in [0.2, 0.25) is 15.7 Å². The van der Waals surface area contributed by atoms with Crippen LogP contribution in [-0.2, 0) is 21.1 Å². The largest absolute Gasteiger partial charge is 0.457 e. The Bertz CT molecular complexity index is 1330. The number of rotatable bonds is 7. The van der Waals surface area contributed by atoms with Gasteiger partial charge in [0.1, 0.15) is 16.5 Å². The predicted molar refractivity (Wildman–Crippen MR) is 118 cm³/mol. The number of hydrogen-bond donors (Lipinski definition) is 3. The van der Waals surface area contributed by atoms with Crippen LogP contribution in [0.25, 0.3) is 10.9 Å². The summed E-state index contributed by atoms with van der Waals surface area (Å²) in [7, 11) is -3.91. The van der Waals surface area contributed by atoms with Crippen molar-refractivity contribution in [2.45, 2.75) is 22.4 Å². The number of aromatic nitrogens is 1. The Morgan fingerprint density at radius 2 is 1.52 bits per heavy atom. The highest BCUT2D eigenvalue weighted by atomic mass is 32.2. The van der Waals surface area contributed by atoms with Crippen LogP contribution >= 0.6 is 0 Å². The topological polar surface area (TPSA) is 128 Å². The van der Waals surface area contributed by atoms with Gasteiger partial charge in [0.25, 0.3) is 0 Å². The van der Waals surface area contributed by atoms with E-state index < -0.39 is 21.8 Å². The highest BCUT2D eigenvalue weighted by Crippen LogP contribution is 2.32. The van der Waals surface area contributed by atoms with Crippen molar-refractivity contribution in [3.63, 3.8) is 0 Å². The fourth-order valence-electron chi connectivity index (χ4n) is 3.36. The quantitative estimate of drug-likeness (QED) is 0.411. The van der Waals surface area contributed by atoms with E-state index in [1.54, 1.807) is 36.4 Å². The number of carbonyl (C=O) groups excluding carboxylic acids is 1. The van der Waals surface area contributed by atoms with E-state index in [4.69, 9.17) is 16.2 Å². The van der Waals surface area contributed by atoms with Gasteiger partial charge in [-0.05, 0) is 54.4 Å². The Labute approximate surface area is 179 Å². The Hall–Kier alpha value is -3.62. The molecule has 7 nitrogen and oxygen atoms in total. The Balaban J connectivity index is 1.72. The van der Waals surface area contributed by atoms with Gasteiger partial charge in [-0.15, -0.1) is 0 Å². The molecule has 0 aliphatic rings. The van der Waals surface area contributed by atoms with E-state index in [2.05, 4.69) is 4.98 Å². The molecule has 0 unspecified atom stereocenters. The van der Waals surface area contributed by atoms with E-state index in [1.165, 1.54) is 12.1 Å². The summed E-state index contributed by atoms with van der Waals surface area (Å²) >= 11 is 0. The van der Waals surface area contributed by atoms with Crippen LogP contribution < -0.4 is 16.2 Å². The molecular weight excluding hydrogens is 414 g/mol. The lowest BCUT2D eigenvalue weighted by Crippen LogP contribution is -2.38. The molecule has 5 N–H and O–H groups in total. The Morgan fingerprint density at radius 1 is 0.903 bits per heavy atom. The van der Waals surface area contributed by atoms with Crippen LogP contribution in [0.1, 0.15) is 5.56 Å². The molecule has 0 fully saturated rings. The first-order valence-electron chi connectivity index (χ1n) is 9.59. The zero-order chi connectivity index (χ0) is 22.0. The zero-order valence-corrected chi connectivity index (χ0v) is 17.3. The van der Waals surface area contributed by atoms with Gasteiger partial charge in [0, 0.05) is 10.9 Å². The number of para-hydroxylation sites is 2. The van der Waals surface area contributed by atoms with Crippen molar-refractivity contribution in [1.82, 2.24) is 4.98 Å². The van der Waals surface area contributed by atoms with Crippen LogP contribution in [0.15, 0.2) is 88.8 Å². The number of carbonyl (C=O) groups is 1. The lowest BCUT2D eigenvalue weighted by Gasteiger charge is -2.11. The maximum atomic E-state index is 13.4. The highest BCUT2D eigenvalue weighted by molar-refractivity contribution is 7.91. The number of H-pyrrole nitrogens is 1. The maximum absolute atomic E-state index is 13.4. The van der Waals surface area contributed by atoms with E-state index >= 15 is 0 Å². The van der Waals surface area contributed by atoms with Gasteiger partial charge in [0.15, 0.2) is 0 Å². The van der Waals surface area contributed by atoms with Gasteiger partial charge >= 0.3 is 0 Å². The van der Waals surface area contributed by atoms with Crippen LogP contribution in [0.2, 0.25) is 0 Å². The Morgan fingerprint density at radius 3 is 2.19 bits per heavy atom. The fourth-order valence-corrected chi connectivity index (χ4v) is 4.85. The summed E-state index contributed by atoms with van der Waals surface area (Å²) < 4.78 is 32.6.